The smallest absolute Gasteiger partial charge is 0.0847 e. The Balaban J connectivity index is 2.35. The molecule has 3 nitrogen and oxygen atoms in total. The molecule has 0 aliphatic carbocycles. The molecule has 0 aliphatic rings. The minimum absolute atomic E-state index is 0.0875. The van der Waals surface area contributed by atoms with Gasteiger partial charge >= 0.3 is 0 Å². The molecule has 0 saturated carbocycles. The van der Waals surface area contributed by atoms with E-state index in [0.29, 0.717) is 0 Å². The van der Waals surface area contributed by atoms with Crippen LogP contribution in [-0.2, 0) is 13.0 Å². The van der Waals surface area contributed by atoms with Crippen LogP contribution in [0.2, 0.25) is 10.0 Å². The van der Waals surface area contributed by atoms with E-state index in [4.69, 9.17) is 23.2 Å². The van der Waals surface area contributed by atoms with Gasteiger partial charge in [-0.05, 0) is 38.6 Å². The summed E-state index contributed by atoms with van der Waals surface area (Å²) < 4.78 is 2.92. The largest absolute Gasteiger partial charge is 0.313 e. The third-order valence-corrected chi connectivity index (χ3v) is 4.85. The Morgan fingerprint density at radius 3 is 2.67 bits per heavy atom. The lowest BCUT2D eigenvalue weighted by Gasteiger charge is -2.19. The van der Waals surface area contributed by atoms with Crippen LogP contribution in [0.5, 0.6) is 0 Å². The van der Waals surface area contributed by atoms with Crippen molar-refractivity contribution >= 4 is 39.1 Å². The number of halogens is 3. The van der Waals surface area contributed by atoms with E-state index in [1.54, 1.807) is 0 Å². The molecule has 2 rings (SSSR count). The number of hydrogen-bond acceptors (Lipinski definition) is 2. The number of hydrogen-bond donors (Lipinski definition) is 1. The van der Waals surface area contributed by atoms with E-state index < -0.39 is 0 Å². The van der Waals surface area contributed by atoms with Gasteiger partial charge in [-0.25, -0.2) is 0 Å². The number of nitrogens with one attached hydrogen (secondary N) is 1. The fraction of sp³-hybridized carbons (Fsp3) is 0.400. The Morgan fingerprint density at radius 1 is 1.38 bits per heavy atom. The normalized spacial score (nSPS) is 12.7. The first kappa shape index (κ1) is 16.8. The molecule has 1 aromatic heterocycles. The predicted octanol–water partition coefficient (Wildman–Crippen LogP) is 4.78. The lowest BCUT2D eigenvalue weighted by atomic mass is 10.0. The van der Waals surface area contributed by atoms with Crippen molar-refractivity contribution in [2.45, 2.75) is 32.9 Å². The van der Waals surface area contributed by atoms with Crippen LogP contribution in [0.4, 0.5) is 0 Å². The standard InChI is InChI=1S/C15H18BrCl2N3/c1-4-21-14(15(18)9(2)20-21)8-13(19-3)11-6-5-10(16)7-12(11)17/h5-7,13,19H,4,8H2,1-3H3. The predicted molar refractivity (Wildman–Crippen MR) is 92.3 cm³/mol. The highest BCUT2D eigenvalue weighted by Crippen LogP contribution is 2.31. The first-order chi connectivity index (χ1) is 9.97. The van der Waals surface area contributed by atoms with Gasteiger partial charge in [0.1, 0.15) is 0 Å². The maximum Gasteiger partial charge on any atom is 0.0847 e. The van der Waals surface area contributed by atoms with Crippen LogP contribution in [0.15, 0.2) is 22.7 Å². The van der Waals surface area contributed by atoms with Gasteiger partial charge in [0.2, 0.25) is 0 Å². The third kappa shape index (κ3) is 3.62. The molecule has 0 fully saturated rings. The van der Waals surface area contributed by atoms with Crippen molar-refractivity contribution in [3.8, 4) is 0 Å². The molecule has 6 heteroatoms. The fourth-order valence-electron chi connectivity index (χ4n) is 2.41. The van der Waals surface area contributed by atoms with Crippen molar-refractivity contribution in [3.05, 3.63) is 49.7 Å². The highest BCUT2D eigenvalue weighted by molar-refractivity contribution is 9.10. The zero-order chi connectivity index (χ0) is 15.6. The van der Waals surface area contributed by atoms with Gasteiger partial charge in [-0.15, -0.1) is 0 Å². The second kappa shape index (κ2) is 7.14. The van der Waals surface area contributed by atoms with Crippen LogP contribution in [-0.4, -0.2) is 16.8 Å². The summed E-state index contributed by atoms with van der Waals surface area (Å²) in [4.78, 5) is 0. The first-order valence-corrected chi connectivity index (χ1v) is 8.36. The van der Waals surface area contributed by atoms with Crippen LogP contribution >= 0.6 is 39.1 Å². The molecular weight excluding hydrogens is 373 g/mol. The average molecular weight is 391 g/mol. The molecule has 1 heterocycles. The van der Waals surface area contributed by atoms with Gasteiger partial charge in [0.05, 0.1) is 16.4 Å². The Bertz CT molecular complexity index is 640. The number of aromatic nitrogens is 2. The summed E-state index contributed by atoms with van der Waals surface area (Å²) >= 11 is 16.2. The summed E-state index contributed by atoms with van der Waals surface area (Å²) in [5.74, 6) is 0. The van der Waals surface area contributed by atoms with Crippen molar-refractivity contribution < 1.29 is 0 Å². The molecule has 0 amide bonds. The summed E-state index contributed by atoms with van der Waals surface area (Å²) in [7, 11) is 1.93. The topological polar surface area (TPSA) is 29.9 Å². The summed E-state index contributed by atoms with van der Waals surface area (Å²) in [5, 5.41) is 9.25. The van der Waals surface area contributed by atoms with E-state index in [1.807, 2.05) is 36.9 Å². The van der Waals surface area contributed by atoms with Crippen LogP contribution in [0.3, 0.4) is 0 Å². The SMILES string of the molecule is CCn1nc(C)c(Cl)c1CC(NC)c1ccc(Br)cc1Cl. The molecule has 0 spiro atoms. The number of rotatable bonds is 5. The molecule has 2 aromatic rings. The van der Waals surface area contributed by atoms with E-state index in [9.17, 15) is 0 Å². The summed E-state index contributed by atoms with van der Waals surface area (Å²) in [6.07, 6.45) is 0.741. The van der Waals surface area contributed by atoms with Crippen LogP contribution in [0, 0.1) is 6.92 Å². The monoisotopic (exact) mass is 389 g/mol. The molecule has 1 aromatic carbocycles. The van der Waals surface area contributed by atoms with Gasteiger partial charge < -0.3 is 5.32 Å². The van der Waals surface area contributed by atoms with Crippen molar-refractivity contribution in [2.75, 3.05) is 7.05 Å². The minimum Gasteiger partial charge on any atom is -0.313 e. The number of nitrogens with zero attached hydrogens (tertiary/aromatic N) is 2. The van der Waals surface area contributed by atoms with Crippen molar-refractivity contribution in [1.82, 2.24) is 15.1 Å². The number of likely N-dealkylation sites (N-methyl/N-ethyl adjacent to an activating group) is 1. The van der Waals surface area contributed by atoms with Gasteiger partial charge in [-0.2, -0.15) is 5.10 Å². The first-order valence-electron chi connectivity index (χ1n) is 6.81. The molecular formula is C15H18BrCl2N3. The van der Waals surface area contributed by atoms with Crippen molar-refractivity contribution in [2.24, 2.45) is 0 Å². The van der Waals surface area contributed by atoms with Crippen molar-refractivity contribution in [3.63, 3.8) is 0 Å². The van der Waals surface area contributed by atoms with Gasteiger partial charge in [0.25, 0.3) is 0 Å². The summed E-state index contributed by atoms with van der Waals surface area (Å²) in [6, 6.07) is 6.02. The second-order valence-corrected chi connectivity index (χ2v) is 6.57. The van der Waals surface area contributed by atoms with Gasteiger partial charge in [0, 0.05) is 28.5 Å². The molecule has 1 N–H and O–H groups in total. The molecule has 0 aliphatic heterocycles. The van der Waals surface area contributed by atoms with Crippen LogP contribution in [0.1, 0.15) is 29.9 Å². The molecule has 0 saturated heterocycles. The Morgan fingerprint density at radius 2 is 2.10 bits per heavy atom. The molecule has 0 radical (unpaired) electrons. The van der Waals surface area contributed by atoms with Gasteiger partial charge in [0.15, 0.2) is 0 Å². The quantitative estimate of drug-likeness (QED) is 0.795. The van der Waals surface area contributed by atoms with E-state index in [-0.39, 0.29) is 6.04 Å². The molecule has 1 unspecified atom stereocenters. The molecule has 1 atom stereocenters. The van der Waals surface area contributed by atoms with Crippen molar-refractivity contribution in [1.29, 1.82) is 0 Å². The van der Waals surface area contributed by atoms with Gasteiger partial charge in [-0.3, -0.25) is 4.68 Å². The van der Waals surface area contributed by atoms with E-state index >= 15 is 0 Å². The molecule has 114 valence electrons. The second-order valence-electron chi connectivity index (χ2n) is 4.87. The molecule has 21 heavy (non-hydrogen) atoms. The minimum atomic E-state index is 0.0875. The Hall–Kier alpha value is -0.550. The third-order valence-electron chi connectivity index (χ3n) is 3.54. The maximum atomic E-state index is 6.39. The zero-order valence-corrected chi connectivity index (χ0v) is 15.3. The average Bonchev–Trinajstić information content (AvgIpc) is 2.72. The lowest BCUT2D eigenvalue weighted by molar-refractivity contribution is 0.541. The Kier molecular flexibility index (Phi) is 5.72. The number of benzene rings is 1. The zero-order valence-electron chi connectivity index (χ0n) is 12.3. The number of aryl methyl sites for hydroxylation is 2. The molecule has 0 bridgehead atoms. The summed E-state index contributed by atoms with van der Waals surface area (Å²) in [6.45, 7) is 4.79. The van der Waals surface area contributed by atoms with E-state index in [0.717, 1.165) is 44.4 Å². The van der Waals surface area contributed by atoms with Crippen LogP contribution < -0.4 is 5.32 Å². The van der Waals surface area contributed by atoms with Crippen LogP contribution in [0.25, 0.3) is 0 Å². The summed E-state index contributed by atoms with van der Waals surface area (Å²) in [5.41, 5.74) is 2.96. The van der Waals surface area contributed by atoms with E-state index in [2.05, 4.69) is 33.3 Å². The van der Waals surface area contributed by atoms with Gasteiger partial charge in [-0.1, -0.05) is 45.2 Å². The fourth-order valence-corrected chi connectivity index (χ4v) is 3.43. The maximum absolute atomic E-state index is 6.39. The highest BCUT2D eigenvalue weighted by Gasteiger charge is 2.20. The Labute approximate surface area is 143 Å². The highest BCUT2D eigenvalue weighted by atomic mass is 79.9. The van der Waals surface area contributed by atoms with E-state index in [1.165, 1.54) is 0 Å². The lowest BCUT2D eigenvalue weighted by Crippen LogP contribution is -2.21.